The molecule has 0 atom stereocenters. The monoisotopic (exact) mass is 411 g/mol. The van der Waals surface area contributed by atoms with Gasteiger partial charge in [0.05, 0.1) is 26.4 Å². The molecule has 0 aromatic carbocycles. The summed E-state index contributed by atoms with van der Waals surface area (Å²) in [5, 5.41) is 0. The van der Waals surface area contributed by atoms with Gasteiger partial charge in [0.15, 0.2) is 0 Å². The van der Waals surface area contributed by atoms with E-state index in [1.807, 2.05) is 18.3 Å². The zero-order valence-corrected chi connectivity index (χ0v) is 17.3. The number of pyridine rings is 1. The maximum Gasteiger partial charge on any atom is 0.229 e. The van der Waals surface area contributed by atoms with Gasteiger partial charge in [0.25, 0.3) is 0 Å². The maximum atomic E-state index is 5.53. The summed E-state index contributed by atoms with van der Waals surface area (Å²) in [5.41, 5.74) is 0. The van der Waals surface area contributed by atoms with Gasteiger partial charge in [0, 0.05) is 64.6 Å². The van der Waals surface area contributed by atoms with E-state index in [0.717, 1.165) is 102 Å². The van der Waals surface area contributed by atoms with Crippen molar-refractivity contribution in [2.75, 3.05) is 98.4 Å². The highest BCUT2D eigenvalue weighted by Gasteiger charge is 2.24. The molecule has 3 saturated heterocycles. The van der Waals surface area contributed by atoms with Gasteiger partial charge in [-0.25, -0.2) is 4.98 Å². The van der Waals surface area contributed by atoms with Crippen molar-refractivity contribution in [1.82, 2.24) is 15.0 Å². The quantitative estimate of drug-likeness (QED) is 0.729. The molecule has 0 saturated carbocycles. The molecule has 3 aliphatic heterocycles. The molecule has 0 spiro atoms. The van der Waals surface area contributed by atoms with Gasteiger partial charge in [-0.15, -0.1) is 0 Å². The van der Waals surface area contributed by atoms with Crippen LogP contribution in [-0.2, 0) is 9.47 Å². The molecule has 2 aromatic rings. The Hall–Kier alpha value is -2.65. The van der Waals surface area contributed by atoms with Crippen LogP contribution in [0.1, 0.15) is 0 Å². The number of rotatable bonds is 4. The van der Waals surface area contributed by atoms with Crippen LogP contribution in [0.4, 0.5) is 23.4 Å². The second-order valence-electron chi connectivity index (χ2n) is 7.75. The van der Waals surface area contributed by atoms with Crippen LogP contribution in [0.25, 0.3) is 0 Å². The smallest absolute Gasteiger partial charge is 0.229 e. The van der Waals surface area contributed by atoms with E-state index in [9.17, 15) is 0 Å². The first-order chi connectivity index (χ1) is 14.9. The van der Waals surface area contributed by atoms with Gasteiger partial charge in [-0.2, -0.15) is 9.97 Å². The number of anilines is 4. The Kier molecular flexibility index (Phi) is 5.80. The van der Waals surface area contributed by atoms with Crippen molar-refractivity contribution in [3.63, 3.8) is 0 Å². The lowest BCUT2D eigenvalue weighted by Gasteiger charge is -2.37. The summed E-state index contributed by atoms with van der Waals surface area (Å²) in [7, 11) is 0. The summed E-state index contributed by atoms with van der Waals surface area (Å²) in [6.45, 7) is 10.0. The average molecular weight is 412 g/mol. The first-order valence-corrected chi connectivity index (χ1v) is 10.8. The number of aromatic nitrogens is 3. The number of ether oxygens (including phenoxy) is 2. The van der Waals surface area contributed by atoms with E-state index in [4.69, 9.17) is 19.4 Å². The van der Waals surface area contributed by atoms with E-state index in [1.165, 1.54) is 0 Å². The first-order valence-electron chi connectivity index (χ1n) is 10.8. The van der Waals surface area contributed by atoms with Crippen LogP contribution < -0.4 is 19.6 Å². The van der Waals surface area contributed by atoms with Gasteiger partial charge >= 0.3 is 0 Å². The third-order valence-corrected chi connectivity index (χ3v) is 5.89. The largest absolute Gasteiger partial charge is 0.378 e. The lowest BCUT2D eigenvalue weighted by atomic mass is 10.3. The molecule has 0 radical (unpaired) electrons. The summed E-state index contributed by atoms with van der Waals surface area (Å²) in [4.78, 5) is 23.7. The molecule has 30 heavy (non-hydrogen) atoms. The normalized spacial score (nSPS) is 20.5. The highest BCUT2D eigenvalue weighted by Crippen LogP contribution is 2.25. The van der Waals surface area contributed by atoms with Crippen LogP contribution in [0.5, 0.6) is 0 Å². The minimum atomic E-state index is 0.745. The van der Waals surface area contributed by atoms with Crippen LogP contribution in [0.2, 0.25) is 0 Å². The van der Waals surface area contributed by atoms with Gasteiger partial charge < -0.3 is 29.1 Å². The summed E-state index contributed by atoms with van der Waals surface area (Å²) in [5.74, 6) is 3.85. The van der Waals surface area contributed by atoms with Crippen LogP contribution in [0.15, 0.2) is 30.5 Å². The molecule has 3 aliphatic rings. The van der Waals surface area contributed by atoms with Gasteiger partial charge in [0.2, 0.25) is 5.95 Å². The molecule has 0 N–H and O–H groups in total. The molecule has 2 aromatic heterocycles. The maximum absolute atomic E-state index is 5.53. The van der Waals surface area contributed by atoms with E-state index >= 15 is 0 Å². The molecule has 0 aliphatic carbocycles. The molecule has 3 fully saturated rings. The average Bonchev–Trinajstić information content (AvgIpc) is 2.85. The van der Waals surface area contributed by atoms with E-state index in [2.05, 4.69) is 36.7 Å². The van der Waals surface area contributed by atoms with Crippen molar-refractivity contribution >= 4 is 23.4 Å². The number of hydrogen-bond donors (Lipinski definition) is 0. The van der Waals surface area contributed by atoms with Crippen LogP contribution >= 0.6 is 0 Å². The SMILES string of the molecule is c1ccc(N2CCN(c3nc(N4CCOCC4)cc(N4CCOCC4)n3)CC2)nc1. The van der Waals surface area contributed by atoms with Crippen molar-refractivity contribution in [2.24, 2.45) is 0 Å². The Balaban J connectivity index is 1.36. The molecule has 5 heterocycles. The summed E-state index contributed by atoms with van der Waals surface area (Å²) < 4.78 is 11.1. The molecule has 0 unspecified atom stereocenters. The topological polar surface area (TPSA) is 70.1 Å². The van der Waals surface area contributed by atoms with E-state index in [0.29, 0.717) is 0 Å². The number of hydrogen-bond acceptors (Lipinski definition) is 9. The zero-order valence-electron chi connectivity index (χ0n) is 17.3. The van der Waals surface area contributed by atoms with Gasteiger partial charge in [-0.05, 0) is 12.1 Å². The Labute approximate surface area is 177 Å². The fourth-order valence-corrected chi connectivity index (χ4v) is 4.14. The predicted molar refractivity (Wildman–Crippen MR) is 117 cm³/mol. The Morgan fingerprint density at radius 1 is 0.600 bits per heavy atom. The van der Waals surface area contributed by atoms with Gasteiger partial charge in [0.1, 0.15) is 17.5 Å². The van der Waals surface area contributed by atoms with Gasteiger partial charge in [-0.1, -0.05) is 6.07 Å². The third-order valence-electron chi connectivity index (χ3n) is 5.89. The standard InChI is InChI=1S/C21H29N7O2/c1-2-4-22-18(3-1)25-5-7-28(8-6-25)21-23-19(26-9-13-29-14-10-26)17-20(24-21)27-11-15-30-16-12-27/h1-4,17H,5-16H2. The van der Waals surface area contributed by atoms with Crippen LogP contribution in [0, 0.1) is 0 Å². The second-order valence-corrected chi connectivity index (χ2v) is 7.75. The van der Waals surface area contributed by atoms with Crippen molar-refractivity contribution in [2.45, 2.75) is 0 Å². The molecule has 5 rings (SSSR count). The lowest BCUT2D eigenvalue weighted by Crippen LogP contribution is -2.47. The molecule has 160 valence electrons. The van der Waals surface area contributed by atoms with E-state index in [1.54, 1.807) is 0 Å². The molecule has 0 amide bonds. The predicted octanol–water partition coefficient (Wildman–Crippen LogP) is 0.871. The highest BCUT2D eigenvalue weighted by atomic mass is 16.5. The Morgan fingerprint density at radius 2 is 1.13 bits per heavy atom. The minimum absolute atomic E-state index is 0.745. The van der Waals surface area contributed by atoms with Crippen molar-refractivity contribution < 1.29 is 9.47 Å². The molecule has 0 bridgehead atoms. The fraction of sp³-hybridized carbons (Fsp3) is 0.571. The highest BCUT2D eigenvalue weighted by molar-refractivity contribution is 5.56. The fourth-order valence-electron chi connectivity index (χ4n) is 4.14. The number of morpholine rings is 2. The first kappa shape index (κ1) is 19.3. The summed E-state index contributed by atoms with van der Waals surface area (Å²) in [6.07, 6.45) is 1.85. The van der Waals surface area contributed by atoms with Gasteiger partial charge in [-0.3, -0.25) is 0 Å². The summed E-state index contributed by atoms with van der Waals surface area (Å²) >= 11 is 0. The molecule has 9 nitrogen and oxygen atoms in total. The Morgan fingerprint density at radius 3 is 1.67 bits per heavy atom. The molecule has 9 heteroatoms. The minimum Gasteiger partial charge on any atom is -0.378 e. The van der Waals surface area contributed by atoms with Crippen LogP contribution in [-0.4, -0.2) is 93.7 Å². The second kappa shape index (κ2) is 9.01. The lowest BCUT2D eigenvalue weighted by molar-refractivity contribution is 0.122. The molecular weight excluding hydrogens is 382 g/mol. The van der Waals surface area contributed by atoms with Crippen molar-refractivity contribution in [3.05, 3.63) is 30.5 Å². The van der Waals surface area contributed by atoms with Crippen molar-refractivity contribution in [3.8, 4) is 0 Å². The zero-order chi connectivity index (χ0) is 20.2. The third kappa shape index (κ3) is 4.27. The van der Waals surface area contributed by atoms with Crippen molar-refractivity contribution in [1.29, 1.82) is 0 Å². The Bertz CT molecular complexity index is 781. The van der Waals surface area contributed by atoms with E-state index < -0.39 is 0 Å². The number of nitrogens with zero attached hydrogens (tertiary/aromatic N) is 7. The van der Waals surface area contributed by atoms with Crippen LogP contribution in [0.3, 0.4) is 0 Å². The molecular formula is C21H29N7O2. The number of piperazine rings is 1. The summed E-state index contributed by atoms with van der Waals surface area (Å²) in [6, 6.07) is 8.20. The van der Waals surface area contributed by atoms with E-state index in [-0.39, 0.29) is 0 Å².